The average Bonchev–Trinajstić information content (AvgIpc) is 2.70. The molecule has 0 N–H and O–H groups in total. The minimum absolute atomic E-state index is 0.0524. The van der Waals surface area contributed by atoms with Gasteiger partial charge in [-0.25, -0.2) is 0 Å². The average molecular weight is 363 g/mol. The molecule has 2 aliphatic rings. The van der Waals surface area contributed by atoms with E-state index in [1.54, 1.807) is 7.11 Å². The molecule has 6 heteroatoms. The van der Waals surface area contributed by atoms with Gasteiger partial charge in [-0.2, -0.15) is 0 Å². The third-order valence-electron chi connectivity index (χ3n) is 4.96. The van der Waals surface area contributed by atoms with Crippen LogP contribution in [-0.2, 0) is 14.3 Å². The number of piperidine rings is 1. The Bertz CT molecular complexity index is 565. The van der Waals surface area contributed by atoms with Crippen molar-refractivity contribution in [3.05, 3.63) is 24.3 Å². The van der Waals surface area contributed by atoms with Crippen molar-refractivity contribution in [2.45, 2.75) is 44.3 Å². The van der Waals surface area contributed by atoms with Crippen LogP contribution in [0, 0.1) is 0 Å². The molecule has 0 spiro atoms. The molecule has 0 radical (unpaired) electrons. The summed E-state index contributed by atoms with van der Waals surface area (Å²) in [6.07, 6.45) is 5.22. The number of rotatable bonds is 7. The van der Waals surface area contributed by atoms with E-state index in [4.69, 9.17) is 18.9 Å². The Morgan fingerprint density at radius 1 is 1.15 bits per heavy atom. The molecular formula is C20H29NO5. The van der Waals surface area contributed by atoms with Gasteiger partial charge in [0.25, 0.3) is 0 Å². The topological polar surface area (TPSA) is 57.2 Å². The Labute approximate surface area is 155 Å². The summed E-state index contributed by atoms with van der Waals surface area (Å²) in [5.41, 5.74) is 0. The summed E-state index contributed by atoms with van der Waals surface area (Å²) in [7, 11) is 1.64. The van der Waals surface area contributed by atoms with Crippen molar-refractivity contribution in [1.82, 2.24) is 4.90 Å². The molecular weight excluding hydrogens is 334 g/mol. The lowest BCUT2D eigenvalue weighted by molar-refractivity contribution is -0.140. The van der Waals surface area contributed by atoms with Crippen molar-refractivity contribution >= 4 is 5.91 Å². The van der Waals surface area contributed by atoms with Crippen molar-refractivity contribution in [2.24, 2.45) is 0 Å². The summed E-state index contributed by atoms with van der Waals surface area (Å²) in [6, 6.07) is 7.66. The fraction of sp³-hybridized carbons (Fsp3) is 0.650. The first kappa shape index (κ1) is 19.0. The van der Waals surface area contributed by atoms with Crippen molar-refractivity contribution in [2.75, 3.05) is 40.0 Å². The van der Waals surface area contributed by atoms with Gasteiger partial charge >= 0.3 is 0 Å². The number of nitrogens with zero attached hydrogens (tertiary/aromatic N) is 1. The van der Waals surface area contributed by atoms with Crippen LogP contribution in [0.3, 0.4) is 0 Å². The Kier molecular flexibility index (Phi) is 7.14. The van der Waals surface area contributed by atoms with E-state index in [1.165, 1.54) is 6.42 Å². The van der Waals surface area contributed by atoms with Crippen LogP contribution >= 0.6 is 0 Å². The predicted molar refractivity (Wildman–Crippen MR) is 97.6 cm³/mol. The van der Waals surface area contributed by atoms with Gasteiger partial charge < -0.3 is 23.8 Å². The molecule has 1 amide bonds. The molecule has 2 aliphatic heterocycles. The number of hydrogen-bond donors (Lipinski definition) is 0. The Hall–Kier alpha value is -1.79. The third-order valence-corrected chi connectivity index (χ3v) is 4.96. The molecule has 0 unspecified atom stereocenters. The van der Waals surface area contributed by atoms with E-state index in [-0.39, 0.29) is 24.7 Å². The first-order valence-electron chi connectivity index (χ1n) is 9.53. The smallest absolute Gasteiger partial charge is 0.248 e. The molecule has 2 saturated heterocycles. The molecule has 1 atom stereocenters. The van der Waals surface area contributed by atoms with E-state index in [9.17, 15) is 4.79 Å². The van der Waals surface area contributed by atoms with Gasteiger partial charge in [0.15, 0.2) is 11.5 Å². The number of benzene rings is 1. The first-order valence-corrected chi connectivity index (χ1v) is 9.53. The molecule has 0 saturated carbocycles. The summed E-state index contributed by atoms with van der Waals surface area (Å²) in [5.74, 6) is 1.55. The lowest BCUT2D eigenvalue weighted by atomic mass is 10.1. The first-order chi connectivity index (χ1) is 12.8. The molecule has 0 aliphatic carbocycles. The number of carbonyl (C=O) groups is 1. The van der Waals surface area contributed by atoms with Crippen LogP contribution in [0.2, 0.25) is 0 Å². The number of para-hydroxylation sites is 2. The Balaban J connectivity index is 1.36. The molecule has 0 aromatic heterocycles. The van der Waals surface area contributed by atoms with Crippen molar-refractivity contribution in [1.29, 1.82) is 0 Å². The zero-order valence-electron chi connectivity index (χ0n) is 15.5. The van der Waals surface area contributed by atoms with E-state index in [2.05, 4.69) is 0 Å². The maximum absolute atomic E-state index is 12.3. The zero-order chi connectivity index (χ0) is 18.2. The lowest BCUT2D eigenvalue weighted by Gasteiger charge is -2.32. The van der Waals surface area contributed by atoms with Gasteiger partial charge in [-0.05, 0) is 31.4 Å². The van der Waals surface area contributed by atoms with Crippen LogP contribution in [-0.4, -0.2) is 63.0 Å². The second-order valence-corrected chi connectivity index (χ2v) is 6.85. The van der Waals surface area contributed by atoms with E-state index >= 15 is 0 Å². The molecule has 26 heavy (non-hydrogen) atoms. The van der Waals surface area contributed by atoms with Crippen molar-refractivity contribution in [3.8, 4) is 11.5 Å². The number of amides is 1. The Morgan fingerprint density at radius 2 is 1.92 bits per heavy atom. The van der Waals surface area contributed by atoms with E-state index in [1.807, 2.05) is 29.2 Å². The summed E-state index contributed by atoms with van der Waals surface area (Å²) in [6.45, 7) is 2.85. The third kappa shape index (κ3) is 5.35. The van der Waals surface area contributed by atoms with Gasteiger partial charge in [0.1, 0.15) is 12.7 Å². The highest BCUT2D eigenvalue weighted by Gasteiger charge is 2.25. The molecule has 6 nitrogen and oxygen atoms in total. The minimum Gasteiger partial charge on any atom is -0.493 e. The van der Waals surface area contributed by atoms with Crippen LogP contribution < -0.4 is 9.47 Å². The fourth-order valence-electron chi connectivity index (χ4n) is 3.43. The molecule has 2 fully saturated rings. The second kappa shape index (κ2) is 9.78. The van der Waals surface area contributed by atoms with Crippen LogP contribution in [0.5, 0.6) is 11.5 Å². The number of hydrogen-bond acceptors (Lipinski definition) is 5. The zero-order valence-corrected chi connectivity index (χ0v) is 15.5. The van der Waals surface area contributed by atoms with Gasteiger partial charge in [0.05, 0.1) is 19.8 Å². The molecule has 1 aromatic carbocycles. The van der Waals surface area contributed by atoms with Gasteiger partial charge in [-0.1, -0.05) is 12.1 Å². The summed E-state index contributed by atoms with van der Waals surface area (Å²) < 4.78 is 22.6. The van der Waals surface area contributed by atoms with Crippen LogP contribution in [0.25, 0.3) is 0 Å². The number of likely N-dealkylation sites (tertiary alicyclic amines) is 1. The van der Waals surface area contributed by atoms with E-state index < -0.39 is 0 Å². The van der Waals surface area contributed by atoms with E-state index in [0.717, 1.165) is 43.8 Å². The SMILES string of the molecule is COc1ccccc1OC1CCN(C(=O)COC[C@@H]2CCCCO2)CC1. The number of methoxy groups -OCH3 is 1. The van der Waals surface area contributed by atoms with Crippen LogP contribution in [0.15, 0.2) is 24.3 Å². The van der Waals surface area contributed by atoms with Gasteiger partial charge in [-0.15, -0.1) is 0 Å². The van der Waals surface area contributed by atoms with Crippen LogP contribution in [0.4, 0.5) is 0 Å². The summed E-state index contributed by atoms with van der Waals surface area (Å²) in [5, 5.41) is 0. The van der Waals surface area contributed by atoms with Crippen LogP contribution in [0.1, 0.15) is 32.1 Å². The highest BCUT2D eigenvalue weighted by atomic mass is 16.5. The highest BCUT2D eigenvalue weighted by Crippen LogP contribution is 2.28. The number of ether oxygens (including phenoxy) is 4. The maximum Gasteiger partial charge on any atom is 0.248 e. The van der Waals surface area contributed by atoms with Gasteiger partial charge in [-0.3, -0.25) is 4.79 Å². The maximum atomic E-state index is 12.3. The molecule has 144 valence electrons. The van der Waals surface area contributed by atoms with Crippen molar-refractivity contribution in [3.63, 3.8) is 0 Å². The normalized spacial score (nSPS) is 21.4. The molecule has 2 heterocycles. The van der Waals surface area contributed by atoms with Crippen molar-refractivity contribution < 1.29 is 23.7 Å². The minimum atomic E-state index is 0.0524. The second-order valence-electron chi connectivity index (χ2n) is 6.85. The Morgan fingerprint density at radius 3 is 2.62 bits per heavy atom. The molecule has 1 aromatic rings. The standard InChI is InChI=1S/C20H29NO5/c1-23-18-7-2-3-8-19(18)26-16-9-11-21(12-10-16)20(22)15-24-14-17-6-4-5-13-25-17/h2-3,7-8,16-17H,4-6,9-15H2,1H3/t17-/m0/s1. The number of carbonyl (C=O) groups excluding carboxylic acids is 1. The monoisotopic (exact) mass is 363 g/mol. The van der Waals surface area contributed by atoms with E-state index in [0.29, 0.717) is 19.7 Å². The molecule has 3 rings (SSSR count). The largest absolute Gasteiger partial charge is 0.493 e. The fourth-order valence-corrected chi connectivity index (χ4v) is 3.43. The van der Waals surface area contributed by atoms with Gasteiger partial charge in [0, 0.05) is 32.5 Å². The lowest BCUT2D eigenvalue weighted by Crippen LogP contribution is -2.43. The van der Waals surface area contributed by atoms with Gasteiger partial charge in [0.2, 0.25) is 5.91 Å². The summed E-state index contributed by atoms with van der Waals surface area (Å²) in [4.78, 5) is 14.2. The highest BCUT2D eigenvalue weighted by molar-refractivity contribution is 5.77. The molecule has 0 bridgehead atoms. The summed E-state index contributed by atoms with van der Waals surface area (Å²) >= 11 is 0. The quantitative estimate of drug-likeness (QED) is 0.745. The predicted octanol–water partition coefficient (Wildman–Crippen LogP) is 2.65.